The monoisotopic (exact) mass is 555 g/mol. The Morgan fingerprint density at radius 3 is 2.35 bits per heavy atom. The molecule has 2 aromatic carbocycles. The summed E-state index contributed by atoms with van der Waals surface area (Å²) in [5.74, 6) is 0.569. The van der Waals surface area contributed by atoms with Crippen LogP contribution in [0.15, 0.2) is 59.9 Å². The number of rotatable bonds is 10. The number of dihydropyridines is 1. The van der Waals surface area contributed by atoms with Crippen LogP contribution in [-0.4, -0.2) is 62.5 Å². The Hall–Kier alpha value is -3.30. The Morgan fingerprint density at radius 1 is 0.950 bits per heavy atom. The van der Waals surface area contributed by atoms with Crippen LogP contribution in [0.2, 0.25) is 0 Å². The first-order chi connectivity index (χ1) is 19.2. The zero-order valence-electron chi connectivity index (χ0n) is 23.6. The van der Waals surface area contributed by atoms with Gasteiger partial charge in [0.1, 0.15) is 0 Å². The first-order valence-corrected chi connectivity index (χ1v) is 14.0. The number of carbonyl (C=O) groups is 1. The molecule has 1 saturated heterocycles. The molecule has 4 rings (SSSR count). The van der Waals surface area contributed by atoms with Gasteiger partial charge in [0.15, 0.2) is 0 Å². The minimum absolute atomic E-state index is 0.143. The molecule has 2 heterocycles. The van der Waals surface area contributed by atoms with Crippen molar-refractivity contribution < 1.29 is 18.0 Å². The fourth-order valence-electron chi connectivity index (χ4n) is 5.19. The Labute approximate surface area is 235 Å². The molecule has 0 aliphatic carbocycles. The van der Waals surface area contributed by atoms with Gasteiger partial charge in [0.05, 0.1) is 11.4 Å². The zero-order chi connectivity index (χ0) is 28.7. The van der Waals surface area contributed by atoms with Crippen molar-refractivity contribution in [3.63, 3.8) is 0 Å². The molecule has 1 amide bonds. The molecule has 0 spiro atoms. The Balaban J connectivity index is 1.48. The van der Waals surface area contributed by atoms with Gasteiger partial charge in [-0.25, -0.2) is 0 Å². The summed E-state index contributed by atoms with van der Waals surface area (Å²) in [6, 6.07) is 9.75. The average Bonchev–Trinajstić information content (AvgIpc) is 2.94. The lowest BCUT2D eigenvalue weighted by Crippen LogP contribution is -2.44. The highest BCUT2D eigenvalue weighted by Crippen LogP contribution is 2.35. The number of alkyl halides is 3. The molecule has 9 heteroatoms. The number of likely N-dealkylation sites (N-methyl/N-ethyl adjacent to an activating group) is 1. The first-order valence-electron chi connectivity index (χ1n) is 14.0. The number of piperazine rings is 1. The summed E-state index contributed by atoms with van der Waals surface area (Å²) in [5.41, 5.74) is 3.67. The van der Waals surface area contributed by atoms with Gasteiger partial charge < -0.3 is 20.9 Å². The third-order valence-corrected chi connectivity index (χ3v) is 7.63. The van der Waals surface area contributed by atoms with E-state index in [1.165, 1.54) is 17.2 Å². The lowest BCUT2D eigenvalue weighted by atomic mass is 9.94. The third-order valence-electron chi connectivity index (χ3n) is 7.63. The number of anilines is 1. The number of carbonyl (C=O) groups excluding carboxylic acids is 1. The molecule has 0 aromatic heterocycles. The average molecular weight is 556 g/mol. The van der Waals surface area contributed by atoms with Crippen LogP contribution in [0.4, 0.5) is 18.9 Å². The van der Waals surface area contributed by atoms with Gasteiger partial charge in [0.2, 0.25) is 0 Å². The number of nitrogens with zero attached hydrogens (tertiary/aromatic N) is 2. The predicted molar refractivity (Wildman–Crippen MR) is 154 cm³/mol. The molecule has 6 nitrogen and oxygen atoms in total. The van der Waals surface area contributed by atoms with E-state index in [-0.39, 0.29) is 17.8 Å². The predicted octanol–water partition coefficient (Wildman–Crippen LogP) is 5.18. The van der Waals surface area contributed by atoms with E-state index in [2.05, 4.69) is 33.9 Å². The van der Waals surface area contributed by atoms with E-state index in [4.69, 9.17) is 0 Å². The second-order valence-electron chi connectivity index (χ2n) is 10.6. The van der Waals surface area contributed by atoms with Gasteiger partial charge in [-0.05, 0) is 73.3 Å². The summed E-state index contributed by atoms with van der Waals surface area (Å²) in [5, 5.41) is 9.13. The molecule has 1 fully saturated rings. The minimum atomic E-state index is -4.51. The van der Waals surface area contributed by atoms with E-state index >= 15 is 0 Å². The molecule has 0 bridgehead atoms. The van der Waals surface area contributed by atoms with Crippen LogP contribution in [0.1, 0.15) is 52.4 Å². The van der Waals surface area contributed by atoms with Crippen LogP contribution in [-0.2, 0) is 25.6 Å². The maximum absolute atomic E-state index is 14.0. The quantitative estimate of drug-likeness (QED) is 0.377. The van der Waals surface area contributed by atoms with E-state index in [1.54, 1.807) is 12.1 Å². The molecule has 3 N–H and O–H groups in total. The van der Waals surface area contributed by atoms with E-state index in [0.717, 1.165) is 75.9 Å². The largest absolute Gasteiger partial charge is 0.416 e. The number of halogens is 3. The number of hydrogen-bond donors (Lipinski definition) is 3. The van der Waals surface area contributed by atoms with Gasteiger partial charge >= 0.3 is 6.18 Å². The van der Waals surface area contributed by atoms with Crippen LogP contribution in [0.5, 0.6) is 0 Å². The molecule has 2 aliphatic heterocycles. The number of benzene rings is 2. The van der Waals surface area contributed by atoms with Crippen LogP contribution < -0.4 is 16.0 Å². The molecule has 2 aliphatic rings. The highest BCUT2D eigenvalue weighted by molar-refractivity contribution is 6.04. The van der Waals surface area contributed by atoms with Crippen molar-refractivity contribution in [2.75, 3.05) is 52.1 Å². The van der Waals surface area contributed by atoms with Crippen molar-refractivity contribution in [2.45, 2.75) is 45.3 Å². The van der Waals surface area contributed by atoms with E-state index < -0.39 is 17.6 Å². The first kappa shape index (κ1) is 29.7. The fourth-order valence-corrected chi connectivity index (χ4v) is 5.19. The Bertz CT molecular complexity index is 1250. The molecular formula is C31H40F3N5O. The number of amides is 1. The summed E-state index contributed by atoms with van der Waals surface area (Å²) in [6.07, 6.45) is 3.15. The van der Waals surface area contributed by atoms with Gasteiger partial charge in [0.25, 0.3) is 5.91 Å². The van der Waals surface area contributed by atoms with Crippen LogP contribution in [0, 0.1) is 0 Å². The smallest absolute Gasteiger partial charge is 0.375 e. The summed E-state index contributed by atoms with van der Waals surface area (Å²) < 4.78 is 42.0. The summed E-state index contributed by atoms with van der Waals surface area (Å²) in [6.45, 7) is 6.23. The molecule has 0 radical (unpaired) electrons. The van der Waals surface area contributed by atoms with Crippen LogP contribution >= 0.6 is 0 Å². The van der Waals surface area contributed by atoms with E-state index in [9.17, 15) is 18.0 Å². The topological polar surface area (TPSA) is 59.6 Å². The summed E-state index contributed by atoms with van der Waals surface area (Å²) in [7, 11) is 3.89. The number of nitrogens with one attached hydrogen (secondary N) is 3. The molecule has 0 unspecified atom stereocenters. The maximum atomic E-state index is 14.0. The van der Waals surface area contributed by atoms with Crippen molar-refractivity contribution >= 4 is 11.6 Å². The molecule has 0 saturated carbocycles. The summed E-state index contributed by atoms with van der Waals surface area (Å²) in [4.78, 5) is 17.4. The number of hydrogen-bond acceptors (Lipinski definition) is 5. The number of allylic oxidation sites excluding steroid dienone is 2. The van der Waals surface area contributed by atoms with Crippen molar-refractivity contribution in [1.82, 2.24) is 20.4 Å². The fraction of sp³-hybridized carbons (Fsp3) is 0.452. The van der Waals surface area contributed by atoms with Gasteiger partial charge in [-0.3, -0.25) is 9.69 Å². The Morgan fingerprint density at radius 2 is 1.70 bits per heavy atom. The highest BCUT2D eigenvalue weighted by atomic mass is 19.4. The van der Waals surface area contributed by atoms with Crippen LogP contribution in [0.3, 0.4) is 0 Å². The molecule has 40 heavy (non-hydrogen) atoms. The van der Waals surface area contributed by atoms with Crippen molar-refractivity contribution in [1.29, 1.82) is 0 Å². The summed E-state index contributed by atoms with van der Waals surface area (Å²) >= 11 is 0. The molecule has 0 atom stereocenters. The lowest BCUT2D eigenvalue weighted by Gasteiger charge is -2.33. The zero-order valence-corrected chi connectivity index (χ0v) is 23.6. The van der Waals surface area contributed by atoms with E-state index in [1.807, 2.05) is 37.2 Å². The molecule has 2 aromatic rings. The SMILES string of the molecule is CCCc1ccc(C(=O)Nc2ccc(CN3CCN(C)CC3)c(C(F)(F)F)c2)cc1CCC1=CC=C(NC)NC1. The standard InChI is InChI=1S/C31H40F3N5O/c1-4-5-23-9-10-25(18-24(23)8-6-22-7-13-29(35-2)36-20-22)30(40)37-27-12-11-26(28(19-27)31(32,33)34)21-39-16-14-38(3)15-17-39/h7,9-13,18-19,35-36H,4-6,8,14-17,20-21H2,1-3H3,(H,37,40). The number of aryl methyl sites for hydroxylation is 2. The normalized spacial score (nSPS) is 16.6. The third kappa shape index (κ3) is 7.88. The minimum Gasteiger partial charge on any atom is -0.375 e. The highest BCUT2D eigenvalue weighted by Gasteiger charge is 2.34. The van der Waals surface area contributed by atoms with Crippen molar-refractivity contribution in [3.05, 3.63) is 87.8 Å². The van der Waals surface area contributed by atoms with Gasteiger partial charge in [-0.2, -0.15) is 13.2 Å². The second kappa shape index (κ2) is 13.4. The maximum Gasteiger partial charge on any atom is 0.416 e. The van der Waals surface area contributed by atoms with Crippen LogP contribution in [0.25, 0.3) is 0 Å². The van der Waals surface area contributed by atoms with Gasteiger partial charge in [0, 0.05) is 57.6 Å². The molecule has 216 valence electrons. The molecular weight excluding hydrogens is 515 g/mol. The second-order valence-corrected chi connectivity index (χ2v) is 10.6. The van der Waals surface area contributed by atoms with Crippen molar-refractivity contribution in [2.24, 2.45) is 0 Å². The van der Waals surface area contributed by atoms with E-state index in [0.29, 0.717) is 5.56 Å². The Kier molecular flexibility index (Phi) is 9.92. The van der Waals surface area contributed by atoms with Crippen molar-refractivity contribution in [3.8, 4) is 0 Å². The van der Waals surface area contributed by atoms with Gasteiger partial charge in [-0.1, -0.05) is 37.1 Å². The van der Waals surface area contributed by atoms with Gasteiger partial charge in [-0.15, -0.1) is 0 Å². The lowest BCUT2D eigenvalue weighted by molar-refractivity contribution is -0.138.